The Morgan fingerprint density at radius 2 is 2.24 bits per heavy atom. The number of rotatable bonds is 5. The van der Waals surface area contributed by atoms with Crippen LogP contribution in [0.15, 0.2) is 0 Å². The summed E-state index contributed by atoms with van der Waals surface area (Å²) in [5.74, 6) is 0.407. The Labute approximate surface area is 102 Å². The number of nitrogens with two attached hydrogens (primary N) is 1. The highest BCUT2D eigenvalue weighted by Crippen LogP contribution is 2.14. The molecule has 0 spiro atoms. The molecule has 0 aromatic rings. The average molecular weight is 263 g/mol. The molecule has 1 aliphatic heterocycles. The van der Waals surface area contributed by atoms with E-state index in [1.54, 1.807) is 0 Å². The predicted molar refractivity (Wildman–Crippen MR) is 65.8 cm³/mol. The fraction of sp³-hybridized carbons (Fsp3) is 0.900. The van der Waals surface area contributed by atoms with Crippen LogP contribution in [0, 0.1) is 5.92 Å². The van der Waals surface area contributed by atoms with Gasteiger partial charge in [-0.2, -0.15) is 0 Å². The number of carbonyl (C=O) groups is 1. The summed E-state index contributed by atoms with van der Waals surface area (Å²) in [5.41, 5.74) is 0. The second-order valence-electron chi connectivity index (χ2n) is 4.65. The number of piperidine rings is 1. The van der Waals surface area contributed by atoms with Crippen molar-refractivity contribution in [2.24, 2.45) is 11.1 Å². The maximum atomic E-state index is 11.7. The first-order valence-corrected chi connectivity index (χ1v) is 7.61. The highest BCUT2D eigenvalue weighted by Gasteiger charge is 2.23. The SMILES string of the molecule is CC1CCNC(C(=O)NCCCS(N)(=O)=O)C1. The predicted octanol–water partition coefficient (Wildman–Crippen LogP) is -0.831. The molecule has 1 saturated heterocycles. The van der Waals surface area contributed by atoms with Crippen molar-refractivity contribution in [3.63, 3.8) is 0 Å². The molecule has 0 aliphatic carbocycles. The molecule has 0 aromatic heterocycles. The van der Waals surface area contributed by atoms with Gasteiger partial charge in [0.2, 0.25) is 15.9 Å². The van der Waals surface area contributed by atoms with Gasteiger partial charge in [0.05, 0.1) is 11.8 Å². The van der Waals surface area contributed by atoms with E-state index >= 15 is 0 Å². The first kappa shape index (κ1) is 14.4. The van der Waals surface area contributed by atoms with Gasteiger partial charge < -0.3 is 10.6 Å². The van der Waals surface area contributed by atoms with Crippen molar-refractivity contribution in [2.45, 2.75) is 32.2 Å². The van der Waals surface area contributed by atoms with Gasteiger partial charge in [-0.1, -0.05) is 6.92 Å². The van der Waals surface area contributed by atoms with Gasteiger partial charge in [-0.05, 0) is 31.7 Å². The van der Waals surface area contributed by atoms with Crippen molar-refractivity contribution in [2.75, 3.05) is 18.8 Å². The zero-order valence-corrected chi connectivity index (χ0v) is 10.9. The van der Waals surface area contributed by atoms with E-state index in [9.17, 15) is 13.2 Å². The van der Waals surface area contributed by atoms with Crippen LogP contribution in [-0.4, -0.2) is 39.2 Å². The van der Waals surface area contributed by atoms with Crippen LogP contribution in [0.2, 0.25) is 0 Å². The van der Waals surface area contributed by atoms with Gasteiger partial charge in [-0.3, -0.25) is 4.79 Å². The number of primary sulfonamides is 1. The third kappa shape index (κ3) is 5.99. The summed E-state index contributed by atoms with van der Waals surface area (Å²) in [6.45, 7) is 3.33. The van der Waals surface area contributed by atoms with Crippen molar-refractivity contribution in [1.82, 2.24) is 10.6 Å². The molecule has 2 atom stereocenters. The molecule has 0 radical (unpaired) electrons. The summed E-state index contributed by atoms with van der Waals surface area (Å²) in [6.07, 6.45) is 2.28. The van der Waals surface area contributed by atoms with E-state index in [1.807, 2.05) is 0 Å². The Morgan fingerprint density at radius 1 is 1.53 bits per heavy atom. The van der Waals surface area contributed by atoms with E-state index in [2.05, 4.69) is 17.6 Å². The molecule has 100 valence electrons. The summed E-state index contributed by atoms with van der Waals surface area (Å²) < 4.78 is 21.3. The van der Waals surface area contributed by atoms with Crippen molar-refractivity contribution in [1.29, 1.82) is 0 Å². The second-order valence-corrected chi connectivity index (χ2v) is 6.38. The molecule has 1 heterocycles. The summed E-state index contributed by atoms with van der Waals surface area (Å²) in [6, 6.07) is -0.145. The maximum Gasteiger partial charge on any atom is 0.237 e. The lowest BCUT2D eigenvalue weighted by molar-refractivity contribution is -0.124. The minimum Gasteiger partial charge on any atom is -0.355 e. The van der Waals surface area contributed by atoms with Crippen LogP contribution in [0.5, 0.6) is 0 Å². The van der Waals surface area contributed by atoms with Crippen LogP contribution >= 0.6 is 0 Å². The van der Waals surface area contributed by atoms with Gasteiger partial charge in [-0.25, -0.2) is 13.6 Å². The third-order valence-electron chi connectivity index (χ3n) is 2.89. The number of amides is 1. The summed E-state index contributed by atoms with van der Waals surface area (Å²) in [5, 5.41) is 10.7. The Morgan fingerprint density at radius 3 is 2.82 bits per heavy atom. The molecule has 6 nitrogen and oxygen atoms in total. The molecule has 0 aromatic carbocycles. The van der Waals surface area contributed by atoms with Gasteiger partial charge in [0.25, 0.3) is 0 Å². The van der Waals surface area contributed by atoms with E-state index in [0.717, 1.165) is 19.4 Å². The van der Waals surface area contributed by atoms with Crippen LogP contribution in [0.4, 0.5) is 0 Å². The summed E-state index contributed by atoms with van der Waals surface area (Å²) >= 11 is 0. The van der Waals surface area contributed by atoms with Gasteiger partial charge in [0, 0.05) is 6.54 Å². The lowest BCUT2D eigenvalue weighted by Gasteiger charge is -2.27. The van der Waals surface area contributed by atoms with Gasteiger partial charge in [0.15, 0.2) is 0 Å². The minimum atomic E-state index is -3.42. The van der Waals surface area contributed by atoms with Gasteiger partial charge >= 0.3 is 0 Å². The molecular weight excluding hydrogens is 242 g/mol. The van der Waals surface area contributed by atoms with Crippen LogP contribution in [0.1, 0.15) is 26.2 Å². The second kappa shape index (κ2) is 6.32. The van der Waals surface area contributed by atoms with Crippen LogP contribution in [0.25, 0.3) is 0 Å². The Bertz CT molecular complexity index is 356. The highest BCUT2D eigenvalue weighted by molar-refractivity contribution is 7.89. The lowest BCUT2D eigenvalue weighted by atomic mass is 9.94. The smallest absolute Gasteiger partial charge is 0.237 e. The standard InChI is InChI=1S/C10H21N3O3S/c1-8-3-5-12-9(7-8)10(14)13-4-2-6-17(11,15)16/h8-9,12H,2-7H2,1H3,(H,13,14)(H2,11,15,16). The fourth-order valence-electron chi connectivity index (χ4n) is 1.92. The lowest BCUT2D eigenvalue weighted by Crippen LogP contribution is -2.48. The molecule has 1 aliphatic rings. The molecular formula is C10H21N3O3S. The van der Waals surface area contributed by atoms with Crippen LogP contribution < -0.4 is 15.8 Å². The number of hydrogen-bond donors (Lipinski definition) is 3. The zero-order chi connectivity index (χ0) is 12.9. The molecule has 2 unspecified atom stereocenters. The number of hydrogen-bond acceptors (Lipinski definition) is 4. The van der Waals surface area contributed by atoms with Crippen molar-refractivity contribution >= 4 is 15.9 Å². The van der Waals surface area contributed by atoms with E-state index < -0.39 is 10.0 Å². The number of nitrogens with one attached hydrogen (secondary N) is 2. The quantitative estimate of drug-likeness (QED) is 0.563. The molecule has 0 saturated carbocycles. The van der Waals surface area contributed by atoms with E-state index in [1.165, 1.54) is 0 Å². The Hall–Kier alpha value is -0.660. The normalized spacial score (nSPS) is 25.5. The van der Waals surface area contributed by atoms with Crippen molar-refractivity contribution in [3.8, 4) is 0 Å². The fourth-order valence-corrected chi connectivity index (χ4v) is 2.46. The molecule has 0 bridgehead atoms. The van der Waals surface area contributed by atoms with Crippen molar-refractivity contribution < 1.29 is 13.2 Å². The van der Waals surface area contributed by atoms with Crippen molar-refractivity contribution in [3.05, 3.63) is 0 Å². The van der Waals surface area contributed by atoms with Gasteiger partial charge in [-0.15, -0.1) is 0 Å². The minimum absolute atomic E-state index is 0.0500. The zero-order valence-electron chi connectivity index (χ0n) is 10.1. The highest BCUT2D eigenvalue weighted by atomic mass is 32.2. The van der Waals surface area contributed by atoms with E-state index in [-0.39, 0.29) is 17.7 Å². The third-order valence-corrected chi connectivity index (χ3v) is 3.75. The maximum absolute atomic E-state index is 11.7. The van der Waals surface area contributed by atoms with Gasteiger partial charge in [0.1, 0.15) is 0 Å². The Balaban J connectivity index is 2.20. The number of sulfonamides is 1. The summed E-state index contributed by atoms with van der Waals surface area (Å²) in [7, 11) is -3.42. The molecule has 17 heavy (non-hydrogen) atoms. The van der Waals surface area contributed by atoms with E-state index in [0.29, 0.717) is 18.9 Å². The molecule has 1 fully saturated rings. The molecule has 4 N–H and O–H groups in total. The van der Waals surface area contributed by atoms with Crippen LogP contribution in [0.3, 0.4) is 0 Å². The average Bonchev–Trinajstić information content (AvgIpc) is 2.23. The Kier molecular flexibility index (Phi) is 5.35. The summed E-state index contributed by atoms with van der Waals surface area (Å²) in [4.78, 5) is 11.7. The number of carbonyl (C=O) groups excluding carboxylic acids is 1. The van der Waals surface area contributed by atoms with E-state index in [4.69, 9.17) is 5.14 Å². The molecule has 7 heteroatoms. The largest absolute Gasteiger partial charge is 0.355 e. The molecule has 1 amide bonds. The first-order valence-electron chi connectivity index (χ1n) is 5.90. The monoisotopic (exact) mass is 263 g/mol. The van der Waals surface area contributed by atoms with Crippen LogP contribution in [-0.2, 0) is 14.8 Å². The molecule has 1 rings (SSSR count). The topological polar surface area (TPSA) is 101 Å². The first-order chi connectivity index (χ1) is 7.88.